The van der Waals surface area contributed by atoms with Crippen LogP contribution in [-0.2, 0) is 7.05 Å². The van der Waals surface area contributed by atoms with Crippen LogP contribution >= 0.6 is 23.4 Å². The van der Waals surface area contributed by atoms with Crippen molar-refractivity contribution in [1.29, 1.82) is 0 Å². The van der Waals surface area contributed by atoms with Crippen LogP contribution in [0.25, 0.3) is 11.4 Å². The first kappa shape index (κ1) is 23.1. The van der Waals surface area contributed by atoms with Gasteiger partial charge in [-0.3, -0.25) is 0 Å². The van der Waals surface area contributed by atoms with E-state index in [-0.39, 0.29) is 17.4 Å². The van der Waals surface area contributed by atoms with Crippen LogP contribution in [-0.4, -0.2) is 25.3 Å². The molecule has 0 saturated carbocycles. The highest BCUT2D eigenvalue weighted by molar-refractivity contribution is 8.02. The molecule has 2 heterocycles. The lowest BCUT2D eigenvalue weighted by molar-refractivity contribution is -0.0887. The van der Waals surface area contributed by atoms with E-state index in [0.717, 1.165) is 42.2 Å². The Morgan fingerprint density at radius 2 is 1.76 bits per heavy atom. The fourth-order valence-electron chi connectivity index (χ4n) is 2.90. The van der Waals surface area contributed by atoms with Gasteiger partial charge in [0.2, 0.25) is 0 Å². The number of dihydropyridines is 1. The number of hydrogen-bond donors (Lipinski definition) is 1. The maximum atomic E-state index is 14.0. The van der Waals surface area contributed by atoms with Crippen LogP contribution in [0.1, 0.15) is 0 Å². The predicted molar refractivity (Wildman–Crippen MR) is 114 cm³/mol. The molecule has 0 amide bonds. The van der Waals surface area contributed by atoms with Gasteiger partial charge >= 0.3 is 12.2 Å². The number of nitrogens with zero attached hydrogens (tertiary/aromatic N) is 3. The summed E-state index contributed by atoms with van der Waals surface area (Å²) in [7, 11) is 1.50. The van der Waals surface area contributed by atoms with Gasteiger partial charge < -0.3 is 10.1 Å². The van der Waals surface area contributed by atoms with Crippen molar-refractivity contribution < 1.29 is 26.7 Å². The molecule has 1 N–H and O–H groups in total. The Morgan fingerprint density at radius 3 is 2.39 bits per heavy atom. The van der Waals surface area contributed by atoms with Gasteiger partial charge in [0.05, 0.1) is 11.1 Å². The normalized spacial score (nSPS) is 18.1. The number of hydrogen-bond acceptors (Lipinski definition) is 5. The summed E-state index contributed by atoms with van der Waals surface area (Å²) in [4.78, 5) is 4.61. The molecule has 1 unspecified atom stereocenters. The lowest BCUT2D eigenvalue weighted by Gasteiger charge is -2.28. The molecule has 1 atom stereocenters. The van der Waals surface area contributed by atoms with Crippen LogP contribution in [0.2, 0.25) is 0 Å². The highest BCUT2D eigenvalue weighted by Crippen LogP contribution is 2.41. The third kappa shape index (κ3) is 5.14. The predicted octanol–water partition coefficient (Wildman–Crippen LogP) is 6.14. The van der Waals surface area contributed by atoms with Crippen molar-refractivity contribution in [2.45, 2.75) is 15.4 Å². The summed E-state index contributed by atoms with van der Waals surface area (Å²) in [6.07, 6.45) is -1.57. The second-order valence-electron chi connectivity index (χ2n) is 6.83. The highest BCUT2D eigenvalue weighted by Gasteiger charge is 2.38. The molecule has 0 fully saturated rings. The first-order valence-electron chi connectivity index (χ1n) is 9.30. The van der Waals surface area contributed by atoms with E-state index in [9.17, 15) is 22.0 Å². The van der Waals surface area contributed by atoms with Crippen LogP contribution in [0.4, 0.5) is 22.0 Å². The number of alkyl halides is 4. The largest absolute Gasteiger partial charge is 0.424 e. The second kappa shape index (κ2) is 8.71. The molecule has 0 spiro atoms. The monoisotopic (exact) mass is 500 g/mol. The summed E-state index contributed by atoms with van der Waals surface area (Å²) in [5, 5.41) is 6.69. The maximum absolute atomic E-state index is 14.0. The van der Waals surface area contributed by atoms with Gasteiger partial charge in [-0.15, -0.1) is 5.10 Å². The van der Waals surface area contributed by atoms with E-state index in [1.165, 1.54) is 17.8 Å². The van der Waals surface area contributed by atoms with Crippen molar-refractivity contribution >= 4 is 23.4 Å². The van der Waals surface area contributed by atoms with Crippen molar-refractivity contribution in [2.75, 3.05) is 0 Å². The topological polar surface area (TPSA) is 52.0 Å². The lowest BCUT2D eigenvalue weighted by Crippen LogP contribution is -2.34. The molecule has 0 radical (unpaired) electrons. The average molecular weight is 501 g/mol. The molecular formula is C21H14ClF5N4OS. The van der Waals surface area contributed by atoms with E-state index in [1.54, 1.807) is 24.3 Å². The Hall–Kier alpha value is -3.05. The van der Waals surface area contributed by atoms with Crippen LogP contribution in [0.5, 0.6) is 11.8 Å². The number of aromatic nitrogens is 3. The first-order chi connectivity index (χ1) is 15.5. The van der Waals surface area contributed by atoms with E-state index >= 15 is 0 Å². The van der Waals surface area contributed by atoms with E-state index in [0.29, 0.717) is 10.6 Å². The molecule has 172 valence electrons. The number of thioether (sulfide) groups is 1. The van der Waals surface area contributed by atoms with Crippen molar-refractivity contribution in [1.82, 2.24) is 20.1 Å². The van der Waals surface area contributed by atoms with Crippen LogP contribution in [0.15, 0.2) is 71.3 Å². The summed E-state index contributed by atoms with van der Waals surface area (Å²) in [5.41, 5.74) is -1.23. The molecule has 0 aliphatic carbocycles. The van der Waals surface area contributed by atoms with Gasteiger partial charge in [-0.2, -0.15) is 18.2 Å². The minimum absolute atomic E-state index is 0.0151. The Labute approximate surface area is 193 Å². The Balaban J connectivity index is 1.50. The molecule has 0 saturated heterocycles. The molecule has 12 heteroatoms. The van der Waals surface area contributed by atoms with Gasteiger partial charge in [0, 0.05) is 11.9 Å². The first-order valence-corrected chi connectivity index (χ1v) is 10.5. The summed E-state index contributed by atoms with van der Waals surface area (Å²) >= 11 is 7.26. The van der Waals surface area contributed by atoms with Gasteiger partial charge in [-0.05, 0) is 54.8 Å². The number of benzene rings is 2. The van der Waals surface area contributed by atoms with Crippen molar-refractivity contribution in [3.8, 4) is 23.1 Å². The molecule has 1 aliphatic rings. The summed E-state index contributed by atoms with van der Waals surface area (Å²) in [6.45, 7) is 0. The Morgan fingerprint density at radius 1 is 1.09 bits per heavy atom. The van der Waals surface area contributed by atoms with Crippen molar-refractivity contribution in [3.63, 3.8) is 0 Å². The summed E-state index contributed by atoms with van der Waals surface area (Å²) in [5.74, 6) is -1.47. The number of nitrogens with one attached hydrogen (secondary N) is 1. The number of aryl methyl sites for hydroxylation is 1. The molecule has 0 bridgehead atoms. The number of rotatable bonds is 5. The summed E-state index contributed by atoms with van der Waals surface area (Å²) < 4.78 is 72.3. The molecule has 33 heavy (non-hydrogen) atoms. The van der Waals surface area contributed by atoms with Gasteiger partial charge in [-0.1, -0.05) is 29.4 Å². The minimum Gasteiger partial charge on any atom is -0.424 e. The molecular weight excluding hydrogens is 487 g/mol. The Bertz CT molecular complexity index is 1220. The van der Waals surface area contributed by atoms with E-state index in [2.05, 4.69) is 15.4 Å². The van der Waals surface area contributed by atoms with E-state index in [1.807, 2.05) is 0 Å². The zero-order valence-electron chi connectivity index (χ0n) is 16.7. The Kier molecular flexibility index (Phi) is 6.10. The van der Waals surface area contributed by atoms with Gasteiger partial charge in [0.1, 0.15) is 17.4 Å². The quantitative estimate of drug-likeness (QED) is 0.259. The maximum Gasteiger partial charge on any atom is 0.416 e. The zero-order chi connectivity index (χ0) is 23.8. The fraction of sp³-hybridized carbons (Fsp3) is 0.143. The number of halogens is 6. The third-order valence-electron chi connectivity index (χ3n) is 4.42. The molecule has 4 rings (SSSR count). The fourth-order valence-corrected chi connectivity index (χ4v) is 4.27. The molecule has 1 aromatic heterocycles. The minimum atomic E-state index is -4.52. The van der Waals surface area contributed by atoms with Gasteiger partial charge in [-0.25, -0.2) is 13.5 Å². The van der Waals surface area contributed by atoms with Crippen molar-refractivity contribution in [3.05, 3.63) is 78.0 Å². The summed E-state index contributed by atoms with van der Waals surface area (Å²) in [6, 6.07) is 9.70. The van der Waals surface area contributed by atoms with Crippen molar-refractivity contribution in [2.24, 2.45) is 7.05 Å². The second-order valence-corrected chi connectivity index (χ2v) is 8.97. The van der Waals surface area contributed by atoms with Gasteiger partial charge in [0.15, 0.2) is 10.2 Å². The zero-order valence-corrected chi connectivity index (χ0v) is 18.3. The van der Waals surface area contributed by atoms with Gasteiger partial charge in [0.25, 0.3) is 0 Å². The van der Waals surface area contributed by atoms with E-state index < -0.39 is 27.7 Å². The smallest absolute Gasteiger partial charge is 0.416 e. The average Bonchev–Trinajstić information content (AvgIpc) is 3.08. The van der Waals surface area contributed by atoms with Crippen LogP contribution in [0, 0.1) is 11.6 Å². The van der Waals surface area contributed by atoms with Crippen LogP contribution in [0.3, 0.4) is 0 Å². The lowest BCUT2D eigenvalue weighted by atomic mass is 10.2. The molecule has 2 aromatic carbocycles. The standard InChI is InChI=1S/C21H14ClF5N4OS/c1-31-19(29-18(30-31)17-15(23)3-2-4-16(17)24)32-13-5-7-14(8-6-13)33-20(22)11-12(9-10-28-20)21(25,26)27/h2-11,28H,1H3. The highest BCUT2D eigenvalue weighted by atomic mass is 35.5. The molecule has 5 nitrogen and oxygen atoms in total. The molecule has 3 aromatic rings. The number of allylic oxidation sites excluding steroid dienone is 2. The number of ether oxygens (including phenoxy) is 1. The van der Waals surface area contributed by atoms with Crippen LogP contribution < -0.4 is 10.1 Å². The third-order valence-corrected chi connectivity index (χ3v) is 5.91. The SMILES string of the molecule is Cn1nc(-c2c(F)cccc2F)nc1Oc1ccc(SC2(Cl)C=C(C(F)(F)F)C=CN2)cc1. The molecule has 1 aliphatic heterocycles. The van der Waals surface area contributed by atoms with E-state index in [4.69, 9.17) is 16.3 Å².